The fourth-order valence-corrected chi connectivity index (χ4v) is 4.62. The first kappa shape index (κ1) is 18.9. The molecule has 0 saturated carbocycles. The van der Waals surface area contributed by atoms with Crippen LogP contribution < -0.4 is 4.74 Å². The van der Waals surface area contributed by atoms with Crippen molar-refractivity contribution in [2.45, 2.75) is 25.3 Å². The van der Waals surface area contributed by atoms with Crippen LogP contribution in [0.5, 0.6) is 5.75 Å². The lowest BCUT2D eigenvalue weighted by Gasteiger charge is -2.23. The van der Waals surface area contributed by atoms with Gasteiger partial charge in [0.1, 0.15) is 10.6 Å². The van der Waals surface area contributed by atoms with E-state index in [1.54, 1.807) is 30.6 Å². The van der Waals surface area contributed by atoms with Crippen LogP contribution in [0.2, 0.25) is 0 Å². The Bertz CT molecular complexity index is 770. The number of nitrogens with zero attached hydrogens (tertiary/aromatic N) is 1. The lowest BCUT2D eigenvalue weighted by atomic mass is 10.1. The molecule has 0 atom stereocenters. The molecular weight excluding hydrogens is 346 g/mol. The van der Waals surface area contributed by atoms with Crippen molar-refractivity contribution in [2.75, 3.05) is 27.4 Å². The van der Waals surface area contributed by atoms with Gasteiger partial charge in [-0.05, 0) is 59.5 Å². The Labute approximate surface area is 147 Å². The molecule has 5 nitrogen and oxygen atoms in total. The topological polar surface area (TPSA) is 55.8 Å². The lowest BCUT2D eigenvalue weighted by Crippen LogP contribution is -2.33. The quantitative estimate of drug-likeness (QED) is 0.717. The molecule has 0 saturated heterocycles. The summed E-state index contributed by atoms with van der Waals surface area (Å²) in [4.78, 5) is 0.194. The molecule has 1 aromatic carbocycles. The van der Waals surface area contributed by atoms with Crippen molar-refractivity contribution < 1.29 is 17.9 Å². The largest absolute Gasteiger partial charge is 0.495 e. The van der Waals surface area contributed by atoms with Gasteiger partial charge in [0.15, 0.2) is 0 Å². The first-order valence-corrected chi connectivity index (χ1v) is 9.93. The third-order valence-electron chi connectivity index (χ3n) is 3.88. The van der Waals surface area contributed by atoms with E-state index in [4.69, 9.17) is 9.47 Å². The molecule has 0 N–H and O–H groups in total. The van der Waals surface area contributed by atoms with E-state index in [0.29, 0.717) is 18.9 Å². The van der Waals surface area contributed by atoms with E-state index in [2.05, 4.69) is 0 Å². The molecule has 0 aliphatic heterocycles. The highest BCUT2D eigenvalue weighted by Gasteiger charge is 2.28. The molecule has 0 bridgehead atoms. The van der Waals surface area contributed by atoms with Crippen LogP contribution in [0.3, 0.4) is 0 Å². The van der Waals surface area contributed by atoms with Gasteiger partial charge in [0.2, 0.25) is 10.0 Å². The van der Waals surface area contributed by atoms with Crippen molar-refractivity contribution in [3.8, 4) is 5.75 Å². The molecule has 0 fully saturated rings. The monoisotopic (exact) mass is 369 g/mol. The average Bonchev–Trinajstić information content (AvgIpc) is 3.06. The van der Waals surface area contributed by atoms with E-state index >= 15 is 0 Å². The lowest BCUT2D eigenvalue weighted by molar-refractivity contribution is 0.177. The fraction of sp³-hybridized carbons (Fsp3) is 0.412. The van der Waals surface area contributed by atoms with E-state index < -0.39 is 10.0 Å². The highest BCUT2D eigenvalue weighted by molar-refractivity contribution is 7.89. The minimum Gasteiger partial charge on any atom is -0.495 e. The molecule has 0 aliphatic rings. The summed E-state index contributed by atoms with van der Waals surface area (Å²) in [5, 5.41) is 3.89. The van der Waals surface area contributed by atoms with Gasteiger partial charge in [-0.25, -0.2) is 8.42 Å². The SMILES string of the molecule is COCCN(Cc1ccsc1)S(=O)(=O)c1cc(C)c(C)cc1OC. The summed E-state index contributed by atoms with van der Waals surface area (Å²) in [7, 11) is -0.649. The second kappa shape index (κ2) is 8.11. The molecule has 0 unspecified atom stereocenters. The Morgan fingerprint density at radius 3 is 2.46 bits per heavy atom. The maximum Gasteiger partial charge on any atom is 0.247 e. The van der Waals surface area contributed by atoms with Gasteiger partial charge in [-0.3, -0.25) is 0 Å². The second-order valence-corrected chi connectivity index (χ2v) is 8.24. The third kappa shape index (κ3) is 4.16. The molecule has 0 spiro atoms. The van der Waals surface area contributed by atoms with Crippen molar-refractivity contribution in [2.24, 2.45) is 0 Å². The number of hydrogen-bond donors (Lipinski definition) is 0. The maximum absolute atomic E-state index is 13.2. The van der Waals surface area contributed by atoms with Crippen LogP contribution in [-0.4, -0.2) is 40.1 Å². The van der Waals surface area contributed by atoms with Crippen LogP contribution in [0.4, 0.5) is 0 Å². The molecule has 0 aliphatic carbocycles. The summed E-state index contributed by atoms with van der Waals surface area (Å²) < 4.78 is 38.2. The van der Waals surface area contributed by atoms with Crippen LogP contribution in [0.25, 0.3) is 0 Å². The molecule has 2 rings (SSSR count). The maximum atomic E-state index is 13.2. The van der Waals surface area contributed by atoms with Crippen LogP contribution >= 0.6 is 11.3 Å². The normalized spacial score (nSPS) is 11.9. The molecule has 1 aromatic heterocycles. The number of benzene rings is 1. The van der Waals surface area contributed by atoms with E-state index in [9.17, 15) is 8.42 Å². The zero-order valence-electron chi connectivity index (χ0n) is 14.4. The Kier molecular flexibility index (Phi) is 6.40. The molecule has 0 radical (unpaired) electrons. The summed E-state index contributed by atoms with van der Waals surface area (Å²) in [6.45, 7) is 4.75. The van der Waals surface area contributed by atoms with Crippen molar-refractivity contribution in [3.05, 3.63) is 45.6 Å². The summed E-state index contributed by atoms with van der Waals surface area (Å²) in [5.41, 5.74) is 2.87. The zero-order valence-corrected chi connectivity index (χ0v) is 16.0. The summed E-state index contributed by atoms with van der Waals surface area (Å²) in [6.07, 6.45) is 0. The van der Waals surface area contributed by atoms with E-state index in [1.807, 2.05) is 30.7 Å². The Morgan fingerprint density at radius 2 is 1.88 bits per heavy atom. The number of ether oxygens (including phenoxy) is 2. The van der Waals surface area contributed by atoms with Crippen LogP contribution in [0.1, 0.15) is 16.7 Å². The minimum absolute atomic E-state index is 0.194. The molecule has 132 valence electrons. The first-order valence-electron chi connectivity index (χ1n) is 7.55. The molecule has 1 heterocycles. The number of rotatable bonds is 8. The molecule has 2 aromatic rings. The van der Waals surface area contributed by atoms with Gasteiger partial charge in [0, 0.05) is 20.2 Å². The number of hydrogen-bond acceptors (Lipinski definition) is 5. The smallest absolute Gasteiger partial charge is 0.247 e. The van der Waals surface area contributed by atoms with E-state index in [0.717, 1.165) is 16.7 Å². The van der Waals surface area contributed by atoms with Gasteiger partial charge in [0.05, 0.1) is 13.7 Å². The standard InChI is InChI=1S/C17H23NO4S2/c1-13-9-16(22-4)17(10-14(13)2)24(19,20)18(6-7-21-3)11-15-5-8-23-12-15/h5,8-10,12H,6-7,11H2,1-4H3. The average molecular weight is 370 g/mol. The van der Waals surface area contributed by atoms with Gasteiger partial charge < -0.3 is 9.47 Å². The number of thiophene rings is 1. The highest BCUT2D eigenvalue weighted by atomic mass is 32.2. The van der Waals surface area contributed by atoms with Crippen molar-refractivity contribution in [1.29, 1.82) is 0 Å². The summed E-state index contributed by atoms with van der Waals surface area (Å²) in [5.74, 6) is 0.367. The van der Waals surface area contributed by atoms with Gasteiger partial charge in [-0.15, -0.1) is 0 Å². The van der Waals surface area contributed by atoms with Gasteiger partial charge >= 0.3 is 0 Å². The fourth-order valence-electron chi connectivity index (χ4n) is 2.33. The molecule has 0 amide bonds. The summed E-state index contributed by atoms with van der Waals surface area (Å²) >= 11 is 1.55. The van der Waals surface area contributed by atoms with Gasteiger partial charge in [-0.1, -0.05) is 0 Å². The van der Waals surface area contributed by atoms with Crippen LogP contribution in [0, 0.1) is 13.8 Å². The van der Waals surface area contributed by atoms with Gasteiger partial charge in [0.25, 0.3) is 0 Å². The Balaban J connectivity index is 2.45. The summed E-state index contributed by atoms with van der Waals surface area (Å²) in [6, 6.07) is 5.37. The van der Waals surface area contributed by atoms with Crippen molar-refractivity contribution in [3.63, 3.8) is 0 Å². The highest BCUT2D eigenvalue weighted by Crippen LogP contribution is 2.30. The molecule has 7 heteroatoms. The van der Waals surface area contributed by atoms with Gasteiger partial charge in [-0.2, -0.15) is 15.6 Å². The van der Waals surface area contributed by atoms with Crippen molar-refractivity contribution >= 4 is 21.4 Å². The van der Waals surface area contributed by atoms with Crippen LogP contribution in [0.15, 0.2) is 33.9 Å². The van der Waals surface area contributed by atoms with Crippen molar-refractivity contribution in [1.82, 2.24) is 4.31 Å². The Hall–Kier alpha value is -1.41. The Morgan fingerprint density at radius 1 is 1.17 bits per heavy atom. The minimum atomic E-state index is -3.70. The number of sulfonamides is 1. The number of methoxy groups -OCH3 is 2. The van der Waals surface area contributed by atoms with E-state index in [1.165, 1.54) is 11.4 Å². The molecular formula is C17H23NO4S2. The number of aryl methyl sites for hydroxylation is 2. The predicted molar refractivity (Wildman–Crippen MR) is 96.3 cm³/mol. The first-order chi connectivity index (χ1) is 11.4. The third-order valence-corrected chi connectivity index (χ3v) is 6.48. The second-order valence-electron chi connectivity index (χ2n) is 5.55. The van der Waals surface area contributed by atoms with E-state index in [-0.39, 0.29) is 11.4 Å². The van der Waals surface area contributed by atoms with Crippen LogP contribution in [-0.2, 0) is 21.3 Å². The zero-order chi connectivity index (χ0) is 17.7. The predicted octanol–water partition coefficient (Wildman–Crippen LogP) is 3.21. The molecule has 24 heavy (non-hydrogen) atoms.